The Kier molecular flexibility index (Phi) is 5.93. The van der Waals surface area contributed by atoms with Crippen LogP contribution in [0, 0.1) is 0 Å². The number of rotatable bonds is 7. The van der Waals surface area contributed by atoms with Gasteiger partial charge in [0.1, 0.15) is 0 Å². The molecule has 19 heavy (non-hydrogen) atoms. The van der Waals surface area contributed by atoms with Crippen molar-refractivity contribution in [1.29, 1.82) is 0 Å². The van der Waals surface area contributed by atoms with Crippen LogP contribution in [0.4, 0.5) is 0 Å². The monoisotopic (exact) mass is 286 g/mol. The average molecular weight is 286 g/mol. The second-order valence-electron chi connectivity index (χ2n) is 4.39. The first kappa shape index (κ1) is 16.1. The number of hydrogen-bond acceptors (Lipinski definition) is 4. The highest BCUT2D eigenvalue weighted by Crippen LogP contribution is 2.16. The third-order valence-corrected chi connectivity index (χ3v) is 4.47. The molecule has 6 heteroatoms. The van der Waals surface area contributed by atoms with Crippen LogP contribution in [0.3, 0.4) is 0 Å². The average Bonchev–Trinajstić information content (AvgIpc) is 2.43. The van der Waals surface area contributed by atoms with Crippen LogP contribution in [0.15, 0.2) is 23.1 Å². The first-order valence-electron chi connectivity index (χ1n) is 6.29. The Morgan fingerprint density at radius 3 is 2.58 bits per heavy atom. The number of sulfonamides is 1. The molecule has 1 rings (SSSR count). The zero-order chi connectivity index (χ0) is 14.5. The largest absolute Gasteiger partial charge is 0.380 e. The predicted molar refractivity (Wildman–Crippen MR) is 75.4 cm³/mol. The number of ether oxygens (including phenoxy) is 1. The van der Waals surface area contributed by atoms with Crippen molar-refractivity contribution in [3.63, 3.8) is 0 Å². The lowest BCUT2D eigenvalue weighted by molar-refractivity contribution is 0.122. The van der Waals surface area contributed by atoms with Gasteiger partial charge in [0.15, 0.2) is 0 Å². The van der Waals surface area contributed by atoms with Crippen LogP contribution in [0.1, 0.15) is 25.0 Å². The summed E-state index contributed by atoms with van der Waals surface area (Å²) in [5, 5.41) is 0. The summed E-state index contributed by atoms with van der Waals surface area (Å²) >= 11 is 0. The van der Waals surface area contributed by atoms with Crippen molar-refractivity contribution in [1.82, 2.24) is 4.72 Å². The van der Waals surface area contributed by atoms with Crippen LogP contribution < -0.4 is 10.5 Å². The van der Waals surface area contributed by atoms with Gasteiger partial charge in [0, 0.05) is 20.2 Å². The molecule has 1 aromatic carbocycles. The summed E-state index contributed by atoms with van der Waals surface area (Å²) in [6, 6.07) is 5.06. The molecule has 1 unspecified atom stereocenters. The van der Waals surface area contributed by atoms with Crippen molar-refractivity contribution in [2.45, 2.75) is 37.8 Å². The summed E-state index contributed by atoms with van der Waals surface area (Å²) in [6.45, 7) is 4.39. The Bertz CT molecular complexity index is 515. The lowest BCUT2D eigenvalue weighted by Crippen LogP contribution is -2.31. The molecule has 0 fully saturated rings. The Balaban J connectivity index is 2.95. The number of aryl methyl sites for hydroxylation is 1. The second-order valence-corrected chi connectivity index (χ2v) is 6.15. The predicted octanol–water partition coefficient (Wildman–Crippen LogP) is 1.02. The minimum Gasteiger partial charge on any atom is -0.380 e. The van der Waals surface area contributed by atoms with E-state index in [1.807, 2.05) is 13.0 Å². The Hall–Kier alpha value is -0.950. The van der Waals surface area contributed by atoms with Crippen molar-refractivity contribution >= 4 is 10.0 Å². The SMILES string of the molecule is CCc1ccc(S(=O)(=O)NCC(C)OC)cc1CN. The van der Waals surface area contributed by atoms with Crippen LogP contribution in [-0.2, 0) is 27.7 Å². The van der Waals surface area contributed by atoms with Crippen molar-refractivity contribution in [3.05, 3.63) is 29.3 Å². The molecule has 108 valence electrons. The molecular weight excluding hydrogens is 264 g/mol. The van der Waals surface area contributed by atoms with E-state index in [1.54, 1.807) is 26.2 Å². The van der Waals surface area contributed by atoms with Gasteiger partial charge >= 0.3 is 0 Å². The summed E-state index contributed by atoms with van der Waals surface area (Å²) in [5.41, 5.74) is 7.59. The fraction of sp³-hybridized carbons (Fsp3) is 0.538. The second kappa shape index (κ2) is 7.00. The zero-order valence-corrected chi connectivity index (χ0v) is 12.5. The van der Waals surface area contributed by atoms with Crippen molar-refractivity contribution < 1.29 is 13.2 Å². The summed E-state index contributed by atoms with van der Waals surface area (Å²) in [4.78, 5) is 0.244. The molecule has 0 aliphatic rings. The van der Waals surface area contributed by atoms with E-state index in [4.69, 9.17) is 10.5 Å². The van der Waals surface area contributed by atoms with Crippen molar-refractivity contribution in [2.75, 3.05) is 13.7 Å². The maximum absolute atomic E-state index is 12.1. The van der Waals surface area contributed by atoms with Gasteiger partial charge in [0.25, 0.3) is 0 Å². The highest BCUT2D eigenvalue weighted by atomic mass is 32.2. The van der Waals surface area contributed by atoms with Gasteiger partial charge in [-0.25, -0.2) is 13.1 Å². The van der Waals surface area contributed by atoms with E-state index in [0.29, 0.717) is 6.54 Å². The fourth-order valence-corrected chi connectivity index (χ4v) is 2.86. The molecule has 3 N–H and O–H groups in total. The smallest absolute Gasteiger partial charge is 0.240 e. The summed E-state index contributed by atoms with van der Waals surface area (Å²) < 4.78 is 31.8. The molecule has 0 bridgehead atoms. The number of benzene rings is 1. The van der Waals surface area contributed by atoms with Crippen molar-refractivity contribution in [2.24, 2.45) is 5.73 Å². The van der Waals surface area contributed by atoms with E-state index < -0.39 is 10.0 Å². The topological polar surface area (TPSA) is 81.4 Å². The maximum atomic E-state index is 12.1. The fourth-order valence-electron chi connectivity index (χ4n) is 1.70. The van der Waals surface area contributed by atoms with Crippen LogP contribution in [-0.4, -0.2) is 28.2 Å². The zero-order valence-electron chi connectivity index (χ0n) is 11.6. The van der Waals surface area contributed by atoms with E-state index in [9.17, 15) is 8.42 Å². The molecule has 5 nitrogen and oxygen atoms in total. The van der Waals surface area contributed by atoms with E-state index >= 15 is 0 Å². The van der Waals surface area contributed by atoms with E-state index in [-0.39, 0.29) is 17.5 Å². The lowest BCUT2D eigenvalue weighted by atomic mass is 10.1. The first-order valence-corrected chi connectivity index (χ1v) is 7.77. The molecule has 1 aromatic rings. The van der Waals surface area contributed by atoms with E-state index in [2.05, 4.69) is 4.72 Å². The van der Waals surface area contributed by atoms with Gasteiger partial charge in [-0.3, -0.25) is 0 Å². The van der Waals surface area contributed by atoms with Gasteiger partial charge in [-0.15, -0.1) is 0 Å². The summed E-state index contributed by atoms with van der Waals surface area (Å²) in [7, 11) is -1.97. The molecule has 0 amide bonds. The van der Waals surface area contributed by atoms with Crippen LogP contribution >= 0.6 is 0 Å². The number of methoxy groups -OCH3 is 1. The summed E-state index contributed by atoms with van der Waals surface area (Å²) in [5.74, 6) is 0. The Morgan fingerprint density at radius 2 is 2.05 bits per heavy atom. The molecule has 0 saturated carbocycles. The highest BCUT2D eigenvalue weighted by Gasteiger charge is 2.16. The van der Waals surface area contributed by atoms with E-state index in [1.165, 1.54) is 0 Å². The third-order valence-electron chi connectivity index (χ3n) is 3.05. The number of nitrogens with one attached hydrogen (secondary N) is 1. The Morgan fingerprint density at radius 1 is 1.37 bits per heavy atom. The number of hydrogen-bond donors (Lipinski definition) is 2. The highest BCUT2D eigenvalue weighted by molar-refractivity contribution is 7.89. The van der Waals surface area contributed by atoms with Gasteiger partial charge in [-0.1, -0.05) is 13.0 Å². The van der Waals surface area contributed by atoms with Crippen LogP contribution in [0.5, 0.6) is 0 Å². The lowest BCUT2D eigenvalue weighted by Gasteiger charge is -2.13. The minimum atomic E-state index is -3.51. The molecule has 0 heterocycles. The standard InChI is InChI=1S/C13H22N2O3S/c1-4-11-5-6-13(7-12(11)8-14)19(16,17)15-9-10(2)18-3/h5-7,10,15H,4,8-9,14H2,1-3H3. The molecule has 0 saturated heterocycles. The molecular formula is C13H22N2O3S. The normalized spacial score (nSPS) is 13.5. The molecule has 0 radical (unpaired) electrons. The van der Waals surface area contributed by atoms with Gasteiger partial charge in [0.2, 0.25) is 10.0 Å². The molecule has 0 spiro atoms. The van der Waals surface area contributed by atoms with E-state index in [0.717, 1.165) is 17.5 Å². The Labute approximate surface area is 115 Å². The van der Waals surface area contributed by atoms with Crippen LogP contribution in [0.25, 0.3) is 0 Å². The first-order chi connectivity index (χ1) is 8.94. The van der Waals surface area contributed by atoms with Gasteiger partial charge in [-0.05, 0) is 36.6 Å². The van der Waals surface area contributed by atoms with Gasteiger partial charge in [0.05, 0.1) is 11.0 Å². The van der Waals surface area contributed by atoms with Gasteiger partial charge < -0.3 is 10.5 Å². The van der Waals surface area contributed by atoms with Gasteiger partial charge in [-0.2, -0.15) is 0 Å². The maximum Gasteiger partial charge on any atom is 0.240 e. The molecule has 0 aliphatic heterocycles. The minimum absolute atomic E-state index is 0.168. The summed E-state index contributed by atoms with van der Waals surface area (Å²) in [6.07, 6.45) is 0.666. The molecule has 0 aromatic heterocycles. The third kappa shape index (κ3) is 4.28. The molecule has 0 aliphatic carbocycles. The van der Waals surface area contributed by atoms with Crippen LogP contribution in [0.2, 0.25) is 0 Å². The number of nitrogens with two attached hydrogens (primary N) is 1. The van der Waals surface area contributed by atoms with Crippen molar-refractivity contribution in [3.8, 4) is 0 Å². The molecule has 1 atom stereocenters. The quantitative estimate of drug-likeness (QED) is 0.784.